The number of ketones is 1. The lowest BCUT2D eigenvalue weighted by molar-refractivity contribution is 0.101. The van der Waals surface area contributed by atoms with Gasteiger partial charge in [0.2, 0.25) is 0 Å². The maximum absolute atomic E-state index is 10.6. The summed E-state index contributed by atoms with van der Waals surface area (Å²) in [4.78, 5) is 13.2. The molecule has 0 aromatic heterocycles. The summed E-state index contributed by atoms with van der Waals surface area (Å²) in [5.41, 5.74) is 3.87. The van der Waals surface area contributed by atoms with Gasteiger partial charge in [0.05, 0.1) is 0 Å². The minimum absolute atomic E-state index is 0.121. The topological polar surface area (TPSA) is 20.3 Å². The zero-order chi connectivity index (χ0) is 23.8. The number of carbonyl (C=O) groups is 1. The minimum Gasteiger partial charge on any atom is -0.303 e. The first-order chi connectivity index (χ1) is 14.8. The van der Waals surface area contributed by atoms with Gasteiger partial charge in [0, 0.05) is 11.6 Å². The molecule has 0 spiro atoms. The molecule has 2 rings (SSSR count). The predicted octanol–water partition coefficient (Wildman–Crippen LogP) is 8.13. The smallest absolute Gasteiger partial charge is 0.159 e. The molecule has 0 radical (unpaired) electrons. The van der Waals surface area contributed by atoms with Crippen LogP contribution in [-0.4, -0.2) is 30.3 Å². The number of carbonyl (C=O) groups excluding carboxylic acids is 1. The van der Waals surface area contributed by atoms with Crippen LogP contribution in [0.15, 0.2) is 65.8 Å². The number of Topliss-reactive ketones (excluding diaryl/α,β-unsaturated/α-hetero) is 1. The molecule has 1 aliphatic carbocycles. The summed E-state index contributed by atoms with van der Waals surface area (Å²) in [6.45, 7) is 18.1. The molecule has 1 aromatic carbocycles. The molecular weight excluding hydrogens is 378 g/mol. The first kappa shape index (κ1) is 29.1. The maximum atomic E-state index is 10.6. The summed E-state index contributed by atoms with van der Waals surface area (Å²) in [5, 5.41) is 0. The van der Waals surface area contributed by atoms with E-state index in [4.69, 9.17) is 0 Å². The van der Waals surface area contributed by atoms with Crippen molar-refractivity contribution in [2.45, 2.75) is 80.7 Å². The van der Waals surface area contributed by atoms with Crippen molar-refractivity contribution in [1.29, 1.82) is 0 Å². The first-order valence-electron chi connectivity index (χ1n) is 12.1. The molecule has 31 heavy (non-hydrogen) atoms. The van der Waals surface area contributed by atoms with Crippen molar-refractivity contribution >= 4 is 5.78 Å². The molecule has 2 heteroatoms. The Bertz CT molecular complexity index is 699. The van der Waals surface area contributed by atoms with Gasteiger partial charge in [0.1, 0.15) is 0 Å². The predicted molar refractivity (Wildman–Crippen MR) is 139 cm³/mol. The normalized spacial score (nSPS) is 23.7. The molecule has 3 atom stereocenters. The first-order valence-corrected chi connectivity index (χ1v) is 12.1. The summed E-state index contributed by atoms with van der Waals surface area (Å²) in [6.07, 6.45) is 12.7. The van der Waals surface area contributed by atoms with Gasteiger partial charge in [0.25, 0.3) is 0 Å². The average Bonchev–Trinajstić information content (AvgIpc) is 2.90. The van der Waals surface area contributed by atoms with Crippen LogP contribution in [-0.2, 0) is 0 Å². The zero-order valence-corrected chi connectivity index (χ0v) is 21.6. The lowest BCUT2D eigenvalue weighted by atomic mass is 9.88. The van der Waals surface area contributed by atoms with E-state index in [2.05, 4.69) is 70.9 Å². The molecule has 0 N–H and O–H groups in total. The number of benzene rings is 1. The second kappa shape index (κ2) is 16.7. The Labute approximate surface area is 193 Å². The van der Waals surface area contributed by atoms with E-state index in [0.29, 0.717) is 12.0 Å². The van der Waals surface area contributed by atoms with Crippen molar-refractivity contribution in [3.63, 3.8) is 0 Å². The number of hydrogen-bond acceptors (Lipinski definition) is 2. The van der Waals surface area contributed by atoms with Crippen LogP contribution in [0.5, 0.6) is 0 Å². The largest absolute Gasteiger partial charge is 0.303 e. The van der Waals surface area contributed by atoms with E-state index in [9.17, 15) is 4.79 Å². The van der Waals surface area contributed by atoms with Gasteiger partial charge in [-0.3, -0.25) is 4.79 Å². The van der Waals surface area contributed by atoms with Crippen LogP contribution in [0.4, 0.5) is 0 Å². The number of hydrogen-bond donors (Lipinski definition) is 0. The average molecular weight is 426 g/mol. The van der Waals surface area contributed by atoms with Crippen LogP contribution >= 0.6 is 0 Å². The highest BCUT2D eigenvalue weighted by atomic mass is 16.1. The fourth-order valence-electron chi connectivity index (χ4n) is 4.27. The number of rotatable bonds is 5. The fraction of sp³-hybridized carbons (Fsp3) is 0.552. The third kappa shape index (κ3) is 10.3. The Morgan fingerprint density at radius 1 is 1.13 bits per heavy atom. The molecule has 3 unspecified atom stereocenters. The molecule has 1 fully saturated rings. The second-order valence-corrected chi connectivity index (χ2v) is 8.27. The maximum Gasteiger partial charge on any atom is 0.159 e. The molecule has 0 amide bonds. The van der Waals surface area contributed by atoms with Crippen molar-refractivity contribution in [2.75, 3.05) is 13.6 Å². The van der Waals surface area contributed by atoms with Crippen LogP contribution in [0.2, 0.25) is 0 Å². The number of nitrogens with zero attached hydrogens (tertiary/aromatic N) is 1. The van der Waals surface area contributed by atoms with Gasteiger partial charge in [-0.25, -0.2) is 0 Å². The summed E-state index contributed by atoms with van der Waals surface area (Å²) < 4.78 is 0. The summed E-state index contributed by atoms with van der Waals surface area (Å²) >= 11 is 0. The lowest BCUT2D eigenvalue weighted by Gasteiger charge is -2.33. The molecule has 0 bridgehead atoms. The van der Waals surface area contributed by atoms with E-state index in [1.807, 2.05) is 44.2 Å². The van der Waals surface area contributed by atoms with Crippen molar-refractivity contribution in [3.05, 3.63) is 71.3 Å². The quantitative estimate of drug-likeness (QED) is 0.350. The van der Waals surface area contributed by atoms with E-state index >= 15 is 0 Å². The van der Waals surface area contributed by atoms with Gasteiger partial charge in [-0.05, 0) is 76.6 Å². The van der Waals surface area contributed by atoms with Crippen LogP contribution < -0.4 is 0 Å². The van der Waals surface area contributed by atoms with Crippen LogP contribution in [0.1, 0.15) is 85.0 Å². The van der Waals surface area contributed by atoms with Gasteiger partial charge in [0.15, 0.2) is 5.78 Å². The molecule has 1 aliphatic rings. The molecular formula is C29H47NO. The van der Waals surface area contributed by atoms with Gasteiger partial charge in [-0.15, -0.1) is 0 Å². The highest BCUT2D eigenvalue weighted by molar-refractivity contribution is 5.93. The molecule has 2 nitrogen and oxygen atoms in total. The second-order valence-electron chi connectivity index (χ2n) is 8.27. The monoisotopic (exact) mass is 425 g/mol. The van der Waals surface area contributed by atoms with E-state index in [0.717, 1.165) is 11.5 Å². The Morgan fingerprint density at radius 3 is 2.19 bits per heavy atom. The zero-order valence-electron chi connectivity index (χ0n) is 21.6. The van der Waals surface area contributed by atoms with E-state index < -0.39 is 0 Å². The van der Waals surface area contributed by atoms with Crippen LogP contribution in [0.25, 0.3) is 0 Å². The molecule has 1 aromatic rings. The van der Waals surface area contributed by atoms with E-state index in [1.165, 1.54) is 31.4 Å². The Hall–Kier alpha value is -1.93. The third-order valence-electron chi connectivity index (χ3n) is 5.77. The van der Waals surface area contributed by atoms with Gasteiger partial charge < -0.3 is 4.90 Å². The Balaban J connectivity index is 0.000000679. The summed E-state index contributed by atoms with van der Waals surface area (Å²) in [5.74, 6) is 1.50. The van der Waals surface area contributed by atoms with E-state index in [1.54, 1.807) is 12.5 Å². The van der Waals surface area contributed by atoms with Crippen LogP contribution in [0, 0.1) is 11.8 Å². The minimum atomic E-state index is 0.121. The van der Waals surface area contributed by atoms with Crippen molar-refractivity contribution in [2.24, 2.45) is 11.8 Å². The Morgan fingerprint density at radius 2 is 1.74 bits per heavy atom. The Kier molecular flexibility index (Phi) is 15.7. The summed E-state index contributed by atoms with van der Waals surface area (Å²) in [7, 11) is 2.30. The third-order valence-corrected chi connectivity index (χ3v) is 5.77. The molecule has 0 heterocycles. The van der Waals surface area contributed by atoms with Crippen molar-refractivity contribution in [3.8, 4) is 0 Å². The molecule has 0 aliphatic heterocycles. The van der Waals surface area contributed by atoms with E-state index in [-0.39, 0.29) is 5.78 Å². The molecule has 0 saturated heterocycles. The SMILES string of the molecule is CC.CC(=O)c1ccccc1.C\C=C/C=C1/CC(C)CC(N(C)CCC)C(C)/C1=C/C. The van der Waals surface area contributed by atoms with Gasteiger partial charge in [-0.2, -0.15) is 0 Å². The van der Waals surface area contributed by atoms with Crippen LogP contribution in [0.3, 0.4) is 0 Å². The standard InChI is InChI=1S/C19H33N.C8H8O.C2H6/c1-7-10-11-17-13-15(4)14-19(20(6)12-8-2)16(5)18(17)9-3;1-7(9)8-5-3-2-4-6-8;1-2/h7,9-11,15-16,19H,8,12-14H2,1-6H3;2-6H,1H3;1-2H3/b10-7-,17-11-,18-9-;;. The summed E-state index contributed by atoms with van der Waals surface area (Å²) in [6, 6.07) is 9.90. The highest BCUT2D eigenvalue weighted by Gasteiger charge is 2.31. The number of allylic oxidation sites excluding steroid dienone is 5. The fourth-order valence-corrected chi connectivity index (χ4v) is 4.27. The van der Waals surface area contributed by atoms with Gasteiger partial charge in [-0.1, -0.05) is 89.3 Å². The molecule has 174 valence electrons. The van der Waals surface area contributed by atoms with Crippen molar-refractivity contribution in [1.82, 2.24) is 4.90 Å². The van der Waals surface area contributed by atoms with Gasteiger partial charge >= 0.3 is 0 Å². The highest BCUT2D eigenvalue weighted by Crippen LogP contribution is 2.37. The van der Waals surface area contributed by atoms with Crippen molar-refractivity contribution < 1.29 is 4.79 Å². The lowest BCUT2D eigenvalue weighted by Crippen LogP contribution is -2.38. The molecule has 1 saturated carbocycles.